The molecule has 108 valence electrons. The fourth-order valence-electron chi connectivity index (χ4n) is 2.22. The van der Waals surface area contributed by atoms with Crippen LogP contribution in [-0.2, 0) is 9.53 Å². The molecule has 0 radical (unpaired) electrons. The minimum Gasteiger partial charge on any atom is -0.490 e. The van der Waals surface area contributed by atoms with Crippen LogP contribution in [0.1, 0.15) is 18.4 Å². The molecule has 2 rings (SSSR count). The first-order valence-electron chi connectivity index (χ1n) is 6.73. The lowest BCUT2D eigenvalue weighted by molar-refractivity contribution is -0.134. The molecule has 0 amide bonds. The summed E-state index contributed by atoms with van der Waals surface area (Å²) in [5.41, 5.74) is 0.813. The standard InChI is InChI=1S/C15H20N2O3/c1-17-7-3-4-13(17)11-20-14-8-12(9-16-10-14)5-6-15(18)19-2/h5-6,8-10,13H,3-4,7,11H2,1-2H3/b6-5+/t13-/m0/s1. The number of likely N-dealkylation sites (tertiary alicyclic amines) is 1. The Morgan fingerprint density at radius 2 is 2.40 bits per heavy atom. The van der Waals surface area contributed by atoms with Gasteiger partial charge in [-0.2, -0.15) is 0 Å². The average molecular weight is 276 g/mol. The van der Waals surface area contributed by atoms with E-state index < -0.39 is 0 Å². The Balaban J connectivity index is 1.92. The molecule has 5 heteroatoms. The van der Waals surface area contributed by atoms with Gasteiger partial charge in [-0.15, -0.1) is 0 Å². The number of pyridine rings is 1. The molecule has 1 fully saturated rings. The summed E-state index contributed by atoms with van der Waals surface area (Å²) in [6, 6.07) is 2.34. The molecule has 1 aromatic rings. The summed E-state index contributed by atoms with van der Waals surface area (Å²) in [6.45, 7) is 1.80. The van der Waals surface area contributed by atoms with E-state index in [9.17, 15) is 4.79 Å². The van der Waals surface area contributed by atoms with Gasteiger partial charge in [0.2, 0.25) is 0 Å². The van der Waals surface area contributed by atoms with Gasteiger partial charge in [-0.25, -0.2) is 4.79 Å². The molecule has 1 aromatic heterocycles. The van der Waals surface area contributed by atoms with Crippen molar-refractivity contribution in [3.63, 3.8) is 0 Å². The third-order valence-corrected chi connectivity index (χ3v) is 3.46. The van der Waals surface area contributed by atoms with Gasteiger partial charge in [0, 0.05) is 18.3 Å². The molecule has 1 atom stereocenters. The molecule has 0 aliphatic carbocycles. The third kappa shape index (κ3) is 4.06. The zero-order valence-corrected chi connectivity index (χ0v) is 11.9. The highest BCUT2D eigenvalue weighted by molar-refractivity contribution is 5.86. The van der Waals surface area contributed by atoms with Gasteiger partial charge < -0.3 is 14.4 Å². The Morgan fingerprint density at radius 1 is 1.55 bits per heavy atom. The van der Waals surface area contributed by atoms with Crippen LogP contribution in [0.2, 0.25) is 0 Å². The monoisotopic (exact) mass is 276 g/mol. The summed E-state index contributed by atoms with van der Waals surface area (Å²) in [6.07, 6.45) is 8.79. The largest absolute Gasteiger partial charge is 0.490 e. The first kappa shape index (κ1) is 14.5. The maximum Gasteiger partial charge on any atom is 0.330 e. The van der Waals surface area contributed by atoms with Crippen molar-refractivity contribution in [1.82, 2.24) is 9.88 Å². The van der Waals surface area contributed by atoms with Crippen LogP contribution in [0.25, 0.3) is 6.08 Å². The van der Waals surface area contributed by atoms with Gasteiger partial charge in [0.05, 0.1) is 13.3 Å². The van der Waals surface area contributed by atoms with Gasteiger partial charge >= 0.3 is 5.97 Å². The normalized spacial score (nSPS) is 19.4. The Kier molecular flexibility index (Phi) is 5.12. The van der Waals surface area contributed by atoms with Gasteiger partial charge in [-0.1, -0.05) is 0 Å². The van der Waals surface area contributed by atoms with Crippen molar-refractivity contribution in [2.24, 2.45) is 0 Å². The molecule has 0 aromatic carbocycles. The second-order valence-electron chi connectivity index (χ2n) is 4.90. The number of esters is 1. The van der Waals surface area contributed by atoms with Gasteiger partial charge in [0.1, 0.15) is 12.4 Å². The number of rotatable bonds is 5. The highest BCUT2D eigenvalue weighted by Crippen LogP contribution is 2.18. The van der Waals surface area contributed by atoms with Crippen molar-refractivity contribution >= 4 is 12.0 Å². The van der Waals surface area contributed by atoms with E-state index in [0.29, 0.717) is 12.6 Å². The Labute approximate surface area is 119 Å². The van der Waals surface area contributed by atoms with E-state index in [1.54, 1.807) is 18.5 Å². The third-order valence-electron chi connectivity index (χ3n) is 3.46. The van der Waals surface area contributed by atoms with Crippen LogP contribution in [0.15, 0.2) is 24.5 Å². The number of hydrogen-bond donors (Lipinski definition) is 0. The average Bonchev–Trinajstić information content (AvgIpc) is 2.88. The summed E-state index contributed by atoms with van der Waals surface area (Å²) >= 11 is 0. The van der Waals surface area contributed by atoms with Gasteiger partial charge in [0.15, 0.2) is 0 Å². The first-order chi connectivity index (χ1) is 9.69. The second kappa shape index (κ2) is 7.05. The van der Waals surface area contributed by atoms with Crippen LogP contribution in [0.4, 0.5) is 0 Å². The maximum absolute atomic E-state index is 11.0. The Morgan fingerprint density at radius 3 is 3.10 bits per heavy atom. The fraction of sp³-hybridized carbons (Fsp3) is 0.467. The lowest BCUT2D eigenvalue weighted by Gasteiger charge is -2.19. The number of methoxy groups -OCH3 is 1. The van der Waals surface area contributed by atoms with E-state index in [1.807, 2.05) is 6.07 Å². The minimum atomic E-state index is -0.385. The predicted molar refractivity (Wildman–Crippen MR) is 76.4 cm³/mol. The van der Waals surface area contributed by atoms with Gasteiger partial charge in [0.25, 0.3) is 0 Å². The Hall–Kier alpha value is -1.88. The van der Waals surface area contributed by atoms with Gasteiger partial charge in [-0.05, 0) is 44.1 Å². The molecule has 5 nitrogen and oxygen atoms in total. The van der Waals surface area contributed by atoms with E-state index in [1.165, 1.54) is 26.0 Å². The van der Waals surface area contributed by atoms with Crippen molar-refractivity contribution in [1.29, 1.82) is 0 Å². The van der Waals surface area contributed by atoms with Crippen LogP contribution in [0.5, 0.6) is 5.75 Å². The minimum absolute atomic E-state index is 0.385. The molecule has 0 N–H and O–H groups in total. The molecule has 20 heavy (non-hydrogen) atoms. The molecule has 0 unspecified atom stereocenters. The van der Waals surface area contributed by atoms with Crippen molar-refractivity contribution in [3.8, 4) is 5.75 Å². The highest BCUT2D eigenvalue weighted by Gasteiger charge is 2.21. The highest BCUT2D eigenvalue weighted by atomic mass is 16.5. The van der Waals surface area contributed by atoms with Gasteiger partial charge in [-0.3, -0.25) is 4.98 Å². The SMILES string of the molecule is COC(=O)/C=C/c1cncc(OC[C@@H]2CCCN2C)c1. The smallest absolute Gasteiger partial charge is 0.330 e. The quantitative estimate of drug-likeness (QED) is 0.605. The van der Waals surface area contributed by atoms with Crippen LogP contribution in [0.3, 0.4) is 0 Å². The van der Waals surface area contributed by atoms with Crippen molar-refractivity contribution < 1.29 is 14.3 Å². The summed E-state index contributed by atoms with van der Waals surface area (Å²) < 4.78 is 10.3. The van der Waals surface area contributed by atoms with E-state index in [0.717, 1.165) is 17.9 Å². The molecule has 0 spiro atoms. The van der Waals surface area contributed by atoms with E-state index in [-0.39, 0.29) is 5.97 Å². The molecule has 1 saturated heterocycles. The molecule has 1 aliphatic heterocycles. The van der Waals surface area contributed by atoms with Crippen LogP contribution < -0.4 is 4.74 Å². The molecule has 0 bridgehead atoms. The lowest BCUT2D eigenvalue weighted by atomic mass is 10.2. The molecule has 0 saturated carbocycles. The van der Waals surface area contributed by atoms with Crippen LogP contribution in [0, 0.1) is 0 Å². The van der Waals surface area contributed by atoms with Crippen LogP contribution in [-0.4, -0.2) is 49.2 Å². The summed E-state index contributed by atoms with van der Waals surface area (Å²) in [7, 11) is 3.47. The number of hydrogen-bond acceptors (Lipinski definition) is 5. The lowest BCUT2D eigenvalue weighted by Crippen LogP contribution is -2.30. The number of carbonyl (C=O) groups is 1. The van der Waals surface area contributed by atoms with Crippen molar-refractivity contribution in [3.05, 3.63) is 30.1 Å². The number of likely N-dealkylation sites (N-methyl/N-ethyl adjacent to an activating group) is 1. The second-order valence-corrected chi connectivity index (χ2v) is 4.90. The first-order valence-corrected chi connectivity index (χ1v) is 6.73. The molecular weight excluding hydrogens is 256 g/mol. The van der Waals surface area contributed by atoms with Crippen molar-refractivity contribution in [2.75, 3.05) is 27.3 Å². The molecule has 2 heterocycles. The Bertz CT molecular complexity index is 488. The summed E-state index contributed by atoms with van der Waals surface area (Å²) in [5, 5.41) is 0. The number of ether oxygens (including phenoxy) is 2. The number of nitrogens with zero attached hydrogens (tertiary/aromatic N) is 2. The molecule has 1 aliphatic rings. The fourth-order valence-corrected chi connectivity index (χ4v) is 2.22. The molecular formula is C15H20N2O3. The zero-order chi connectivity index (χ0) is 14.4. The summed E-state index contributed by atoms with van der Waals surface area (Å²) in [4.78, 5) is 17.5. The van der Waals surface area contributed by atoms with E-state index >= 15 is 0 Å². The zero-order valence-electron chi connectivity index (χ0n) is 11.9. The van der Waals surface area contributed by atoms with Crippen molar-refractivity contribution in [2.45, 2.75) is 18.9 Å². The van der Waals surface area contributed by atoms with E-state index in [2.05, 4.69) is 21.7 Å². The number of carbonyl (C=O) groups excluding carboxylic acids is 1. The number of aromatic nitrogens is 1. The van der Waals surface area contributed by atoms with E-state index in [4.69, 9.17) is 4.74 Å². The summed E-state index contributed by atoms with van der Waals surface area (Å²) in [5.74, 6) is 0.334. The topological polar surface area (TPSA) is 51.7 Å². The van der Waals surface area contributed by atoms with Crippen LogP contribution >= 0.6 is 0 Å². The maximum atomic E-state index is 11.0. The predicted octanol–water partition coefficient (Wildman–Crippen LogP) is 1.74.